The number of fused-ring (bicyclic) bond motifs is 1. The summed E-state index contributed by atoms with van der Waals surface area (Å²) in [5.41, 5.74) is -2.62. The molecule has 0 saturated carbocycles. The van der Waals surface area contributed by atoms with E-state index in [-0.39, 0.29) is 0 Å². The van der Waals surface area contributed by atoms with Gasteiger partial charge in [0.15, 0.2) is 18.0 Å². The molecule has 3 aliphatic heterocycles. The molecule has 0 aliphatic carbocycles. The molecule has 0 radical (unpaired) electrons. The zero-order chi connectivity index (χ0) is 19.3. The van der Waals surface area contributed by atoms with Crippen molar-refractivity contribution in [1.82, 2.24) is 10.2 Å². The lowest BCUT2D eigenvalue weighted by molar-refractivity contribution is -0.209. The van der Waals surface area contributed by atoms with Gasteiger partial charge in [0.05, 0.1) is 19.3 Å². The fourth-order valence-corrected chi connectivity index (χ4v) is 4.47. The van der Waals surface area contributed by atoms with Crippen LogP contribution in [0.4, 0.5) is 22.4 Å². The molecule has 0 aromatic heterocycles. The maximum Gasteiger partial charge on any atom is 0.475 e. The van der Waals surface area contributed by atoms with E-state index in [0.29, 0.717) is 11.1 Å². The van der Waals surface area contributed by atoms with Gasteiger partial charge in [0.1, 0.15) is 11.9 Å². The van der Waals surface area contributed by atoms with Crippen molar-refractivity contribution in [3.05, 3.63) is 12.0 Å². The molecule has 3 aliphatic rings. The largest absolute Gasteiger partial charge is 0.475 e. The van der Waals surface area contributed by atoms with E-state index in [0.717, 1.165) is 0 Å². The summed E-state index contributed by atoms with van der Waals surface area (Å²) >= 11 is 0. The van der Waals surface area contributed by atoms with Gasteiger partial charge < -0.3 is 10.1 Å². The predicted octanol–water partition coefficient (Wildman–Crippen LogP) is 2.47. The van der Waals surface area contributed by atoms with Crippen LogP contribution < -0.4 is 5.32 Å². The van der Waals surface area contributed by atoms with Gasteiger partial charge in [-0.25, -0.2) is 26.9 Å². The lowest BCUT2D eigenvalue weighted by Crippen LogP contribution is -2.55. The number of urea groups is 1. The van der Waals surface area contributed by atoms with Crippen LogP contribution >= 0.6 is 7.82 Å². The fraction of sp³-hybridized carbons (Fsp3) is 0.769. The van der Waals surface area contributed by atoms with Crippen molar-refractivity contribution < 1.29 is 45.2 Å². The van der Waals surface area contributed by atoms with Crippen LogP contribution in [0.25, 0.3) is 0 Å². The fourth-order valence-electron chi connectivity index (χ4n) is 2.85. The van der Waals surface area contributed by atoms with Gasteiger partial charge in [0.25, 0.3) is 6.43 Å². The van der Waals surface area contributed by atoms with Gasteiger partial charge in [-0.1, -0.05) is 0 Å². The Balaban J connectivity index is 1.91. The average Bonchev–Trinajstić information content (AvgIpc) is 2.83. The second-order valence-electron chi connectivity index (χ2n) is 6.25. The molecule has 2 amide bonds. The van der Waals surface area contributed by atoms with E-state index in [2.05, 4.69) is 5.32 Å². The molecule has 0 aromatic carbocycles. The average molecular weight is 404 g/mol. The minimum Gasteiger partial charge on any atom is -0.337 e. The summed E-state index contributed by atoms with van der Waals surface area (Å²) in [6.07, 6.45) is -9.63. The summed E-state index contributed by atoms with van der Waals surface area (Å²) in [5, 5.41) is 2.10. The number of carbonyl (C=O) groups is 1. The quantitative estimate of drug-likeness (QED) is 0.572. The number of hydrogen-bond donors (Lipinski definition) is 1. The number of nitrogens with zero attached hydrogens (tertiary/aromatic N) is 1. The highest BCUT2D eigenvalue weighted by molar-refractivity contribution is 7.48. The monoisotopic (exact) mass is 404 g/mol. The van der Waals surface area contributed by atoms with Crippen molar-refractivity contribution in [3.8, 4) is 0 Å². The zero-order valence-corrected chi connectivity index (χ0v) is 14.6. The number of amides is 2. The Morgan fingerprint density at radius 1 is 1.46 bits per heavy atom. The summed E-state index contributed by atoms with van der Waals surface area (Å²) in [6, 6.07) is -0.940. The molecule has 13 heteroatoms. The van der Waals surface area contributed by atoms with Gasteiger partial charge in [0.2, 0.25) is 0 Å². The molecule has 0 aromatic rings. The number of ether oxygens (including phenoxy) is 1. The third-order valence-electron chi connectivity index (χ3n) is 3.98. The first-order valence-corrected chi connectivity index (χ1v) is 9.18. The number of alkyl halides is 3. The summed E-state index contributed by atoms with van der Waals surface area (Å²) in [6.45, 7) is 1.58. The van der Waals surface area contributed by atoms with Crippen molar-refractivity contribution in [3.63, 3.8) is 0 Å². The van der Waals surface area contributed by atoms with Crippen LogP contribution in [0.15, 0.2) is 12.0 Å². The predicted molar refractivity (Wildman–Crippen MR) is 77.6 cm³/mol. The van der Waals surface area contributed by atoms with E-state index >= 15 is 0 Å². The molecule has 5 unspecified atom stereocenters. The van der Waals surface area contributed by atoms with Gasteiger partial charge in [-0.05, 0) is 13.8 Å². The normalized spacial score (nSPS) is 40.6. The van der Waals surface area contributed by atoms with Crippen LogP contribution in [0.3, 0.4) is 0 Å². The van der Waals surface area contributed by atoms with E-state index in [1.54, 1.807) is 0 Å². The van der Waals surface area contributed by atoms with Gasteiger partial charge in [-0.15, -0.1) is 0 Å². The van der Waals surface area contributed by atoms with E-state index in [9.17, 15) is 26.9 Å². The second kappa shape index (κ2) is 6.75. The summed E-state index contributed by atoms with van der Waals surface area (Å²) in [5.74, 6) is -0.827. The van der Waals surface area contributed by atoms with Crippen LogP contribution in [-0.4, -0.2) is 60.7 Å². The molecule has 1 N–H and O–H groups in total. The molecule has 148 valence electrons. The van der Waals surface area contributed by atoms with Crippen molar-refractivity contribution in [2.75, 3.05) is 13.2 Å². The number of carbonyl (C=O) groups excluding carboxylic acids is 1. The highest BCUT2D eigenvalue weighted by Crippen LogP contribution is 2.60. The highest BCUT2D eigenvalue weighted by atomic mass is 31.2. The molecule has 0 bridgehead atoms. The maximum absolute atomic E-state index is 14.9. The summed E-state index contributed by atoms with van der Waals surface area (Å²) in [4.78, 5) is 12.3. The third-order valence-corrected chi connectivity index (χ3v) is 5.59. The van der Waals surface area contributed by atoms with Crippen molar-refractivity contribution in [2.24, 2.45) is 0 Å². The molecule has 26 heavy (non-hydrogen) atoms. The van der Waals surface area contributed by atoms with Crippen molar-refractivity contribution in [2.45, 2.75) is 50.5 Å². The van der Waals surface area contributed by atoms with E-state index < -0.39 is 69.5 Å². The smallest absolute Gasteiger partial charge is 0.337 e. The molecule has 5 atom stereocenters. The Bertz CT molecular complexity index is 665. The molecule has 2 saturated heterocycles. The SMILES string of the molecule is CC(C)OP1(=O)OCC2(C(F)F)OC(N3C=C(F)CNC3=O)C(F)C2O1. The Kier molecular flexibility index (Phi) is 5.08. The number of halogens is 4. The van der Waals surface area contributed by atoms with Crippen LogP contribution in [-0.2, 0) is 22.9 Å². The molecule has 8 nitrogen and oxygen atoms in total. The highest BCUT2D eigenvalue weighted by Gasteiger charge is 2.68. The number of phosphoric ester groups is 1. The van der Waals surface area contributed by atoms with Gasteiger partial charge in [-0.3, -0.25) is 18.5 Å². The molecule has 3 heterocycles. The minimum absolute atomic E-state index is 0.417. The first-order valence-electron chi connectivity index (χ1n) is 7.72. The van der Waals surface area contributed by atoms with E-state index in [1.807, 2.05) is 0 Å². The summed E-state index contributed by atoms with van der Waals surface area (Å²) < 4.78 is 87.9. The number of rotatable bonds is 4. The first kappa shape index (κ1) is 19.6. The van der Waals surface area contributed by atoms with Crippen LogP contribution in [0.1, 0.15) is 13.8 Å². The number of nitrogens with one attached hydrogen (secondary N) is 1. The molecule has 0 spiro atoms. The van der Waals surface area contributed by atoms with Gasteiger partial charge >= 0.3 is 13.9 Å². The van der Waals surface area contributed by atoms with Gasteiger partial charge in [0, 0.05) is 6.20 Å². The van der Waals surface area contributed by atoms with Gasteiger partial charge in [-0.2, -0.15) is 0 Å². The van der Waals surface area contributed by atoms with E-state index in [1.165, 1.54) is 13.8 Å². The standard InChI is InChI=1S/C13H17F4N2O6P/c1-6(2)24-26(21)22-5-13(11(16)17)9(25-26)8(15)10(23-13)19-4-7(14)3-18-12(19)20/h4,6,8-11H,3,5H2,1-2H3,(H,18,20). The Morgan fingerprint density at radius 3 is 2.77 bits per heavy atom. The zero-order valence-electron chi connectivity index (χ0n) is 13.7. The first-order chi connectivity index (χ1) is 12.1. The second-order valence-corrected chi connectivity index (χ2v) is 7.83. The third kappa shape index (κ3) is 3.24. The topological polar surface area (TPSA) is 86.3 Å². The Hall–Kier alpha value is -1.20. The lowest BCUT2D eigenvalue weighted by Gasteiger charge is -2.39. The van der Waals surface area contributed by atoms with Crippen molar-refractivity contribution >= 4 is 13.9 Å². The van der Waals surface area contributed by atoms with Crippen molar-refractivity contribution in [1.29, 1.82) is 0 Å². The molecular formula is C13H17F4N2O6P. The van der Waals surface area contributed by atoms with E-state index in [4.69, 9.17) is 18.3 Å². The van der Waals surface area contributed by atoms with Crippen LogP contribution in [0, 0.1) is 0 Å². The van der Waals surface area contributed by atoms with Crippen LogP contribution in [0.2, 0.25) is 0 Å². The molecular weight excluding hydrogens is 387 g/mol. The number of hydrogen-bond acceptors (Lipinski definition) is 6. The minimum atomic E-state index is -4.32. The molecule has 3 rings (SSSR count). The number of phosphoric acid groups is 1. The lowest BCUT2D eigenvalue weighted by atomic mass is 9.97. The molecule has 2 fully saturated rings. The Morgan fingerprint density at radius 2 is 2.15 bits per heavy atom. The van der Waals surface area contributed by atoms with Crippen LogP contribution in [0.5, 0.6) is 0 Å². The summed E-state index contributed by atoms with van der Waals surface area (Å²) in [7, 11) is -4.32. The maximum atomic E-state index is 14.9. The Labute approximate surface area is 146 Å².